The number of benzene rings is 1. The highest BCUT2D eigenvalue weighted by Gasteiger charge is 2.08. The number of nitrogens with one attached hydrogen (secondary N) is 2. The summed E-state index contributed by atoms with van der Waals surface area (Å²) in [6, 6.07) is 7.78. The Balaban J connectivity index is 1.88. The molecule has 2 amide bonds. The molecule has 0 fully saturated rings. The van der Waals surface area contributed by atoms with Crippen LogP contribution in [0.5, 0.6) is 0 Å². The Kier molecular flexibility index (Phi) is 5.38. The third kappa shape index (κ3) is 4.46. The van der Waals surface area contributed by atoms with Crippen LogP contribution in [0.2, 0.25) is 0 Å². The molecule has 0 radical (unpaired) electrons. The Morgan fingerprint density at radius 3 is 2.59 bits per heavy atom. The summed E-state index contributed by atoms with van der Waals surface area (Å²) in [5.74, 6) is 0. The molecule has 2 aromatic rings. The van der Waals surface area contributed by atoms with E-state index in [4.69, 9.17) is 0 Å². The van der Waals surface area contributed by atoms with Crippen molar-refractivity contribution in [3.8, 4) is 0 Å². The molecule has 1 aromatic heterocycles. The van der Waals surface area contributed by atoms with Gasteiger partial charge in [0.25, 0.3) is 0 Å². The molecule has 0 aliphatic heterocycles. The highest BCUT2D eigenvalue weighted by atomic mass is 79.9. The molecular formula is C16H18BrN3O2. The van der Waals surface area contributed by atoms with Crippen molar-refractivity contribution in [3.05, 3.63) is 62.5 Å². The zero-order chi connectivity index (χ0) is 16.1. The molecule has 1 heterocycles. The third-order valence-corrected chi connectivity index (χ3v) is 3.74. The maximum atomic E-state index is 11.9. The third-order valence-electron chi connectivity index (χ3n) is 3.18. The number of hydrogen-bond acceptors (Lipinski definition) is 2. The highest BCUT2D eigenvalue weighted by molar-refractivity contribution is 9.10. The predicted molar refractivity (Wildman–Crippen MR) is 91.3 cm³/mol. The first kappa shape index (κ1) is 16.3. The predicted octanol–water partition coefficient (Wildman–Crippen LogP) is 2.82. The molecule has 2 rings (SSSR count). The maximum Gasteiger partial charge on any atom is 0.319 e. The number of aromatic nitrogens is 1. The van der Waals surface area contributed by atoms with Gasteiger partial charge in [-0.1, -0.05) is 29.8 Å². The van der Waals surface area contributed by atoms with Crippen LogP contribution in [0, 0.1) is 6.92 Å². The van der Waals surface area contributed by atoms with Crippen LogP contribution < -0.4 is 16.1 Å². The van der Waals surface area contributed by atoms with Gasteiger partial charge in [0.2, 0.25) is 5.43 Å². The molecule has 6 heteroatoms. The Morgan fingerprint density at radius 1 is 1.23 bits per heavy atom. The number of rotatable bonds is 4. The van der Waals surface area contributed by atoms with E-state index in [1.165, 1.54) is 5.56 Å². The van der Waals surface area contributed by atoms with Crippen molar-refractivity contribution in [3.63, 3.8) is 0 Å². The summed E-state index contributed by atoms with van der Waals surface area (Å²) >= 11 is 3.17. The maximum absolute atomic E-state index is 11.9. The lowest BCUT2D eigenvalue weighted by atomic mass is 10.1. The fourth-order valence-electron chi connectivity index (χ4n) is 2.00. The second kappa shape index (κ2) is 7.26. The average molecular weight is 364 g/mol. The lowest BCUT2D eigenvalue weighted by Gasteiger charge is -2.09. The van der Waals surface area contributed by atoms with Crippen molar-refractivity contribution < 1.29 is 4.79 Å². The lowest BCUT2D eigenvalue weighted by Crippen LogP contribution is -2.32. The van der Waals surface area contributed by atoms with Crippen molar-refractivity contribution >= 4 is 27.6 Å². The average Bonchev–Trinajstić information content (AvgIpc) is 2.46. The number of anilines is 1. The molecule has 0 aliphatic rings. The summed E-state index contributed by atoms with van der Waals surface area (Å²) < 4.78 is 2.11. The van der Waals surface area contributed by atoms with Crippen molar-refractivity contribution in [2.24, 2.45) is 7.05 Å². The van der Waals surface area contributed by atoms with Gasteiger partial charge in [-0.3, -0.25) is 4.79 Å². The minimum absolute atomic E-state index is 0.240. The summed E-state index contributed by atoms with van der Waals surface area (Å²) in [4.78, 5) is 23.7. The summed E-state index contributed by atoms with van der Waals surface area (Å²) in [6.45, 7) is 2.54. The largest absolute Gasteiger partial charge is 0.354 e. The molecule has 0 bridgehead atoms. The molecule has 0 saturated carbocycles. The minimum atomic E-state index is -0.387. The van der Waals surface area contributed by atoms with Crippen molar-refractivity contribution in [2.45, 2.75) is 13.3 Å². The van der Waals surface area contributed by atoms with Gasteiger partial charge < -0.3 is 15.2 Å². The normalized spacial score (nSPS) is 10.3. The first-order chi connectivity index (χ1) is 10.5. The van der Waals surface area contributed by atoms with E-state index < -0.39 is 0 Å². The smallest absolute Gasteiger partial charge is 0.319 e. The van der Waals surface area contributed by atoms with Gasteiger partial charge in [0, 0.05) is 26.0 Å². The van der Waals surface area contributed by atoms with E-state index in [2.05, 4.69) is 26.6 Å². The van der Waals surface area contributed by atoms with Crippen LogP contribution in [0.15, 0.2) is 45.9 Å². The van der Waals surface area contributed by atoms with E-state index in [1.54, 1.807) is 24.0 Å². The van der Waals surface area contributed by atoms with Crippen molar-refractivity contribution in [2.75, 3.05) is 11.9 Å². The van der Waals surface area contributed by atoms with Gasteiger partial charge in [-0.15, -0.1) is 0 Å². The Bertz CT molecular complexity index is 723. The highest BCUT2D eigenvalue weighted by Crippen LogP contribution is 2.07. The molecule has 22 heavy (non-hydrogen) atoms. The monoisotopic (exact) mass is 363 g/mol. The number of halogens is 1. The Hall–Kier alpha value is -2.08. The molecule has 0 atom stereocenters. The molecule has 1 aromatic carbocycles. The van der Waals surface area contributed by atoms with E-state index in [-0.39, 0.29) is 17.1 Å². The SMILES string of the molecule is Cc1ccc(CCNC(=O)Nc2cn(C)cc(Br)c2=O)cc1. The van der Waals surface area contributed by atoms with Crippen molar-refractivity contribution in [1.29, 1.82) is 0 Å². The molecule has 0 spiro atoms. The zero-order valence-corrected chi connectivity index (χ0v) is 14.1. The van der Waals surface area contributed by atoms with Gasteiger partial charge in [0.05, 0.1) is 4.47 Å². The summed E-state index contributed by atoms with van der Waals surface area (Å²) in [6.07, 6.45) is 3.96. The van der Waals surface area contributed by atoms with E-state index in [0.29, 0.717) is 11.0 Å². The van der Waals surface area contributed by atoms with Crippen LogP contribution in [-0.4, -0.2) is 17.1 Å². The molecule has 2 N–H and O–H groups in total. The Morgan fingerprint density at radius 2 is 1.91 bits per heavy atom. The van der Waals surface area contributed by atoms with Crippen LogP contribution in [0.1, 0.15) is 11.1 Å². The van der Waals surface area contributed by atoms with Gasteiger partial charge >= 0.3 is 6.03 Å². The van der Waals surface area contributed by atoms with Crippen LogP contribution in [0.4, 0.5) is 10.5 Å². The van der Waals surface area contributed by atoms with Gasteiger partial charge in [-0.05, 0) is 34.8 Å². The van der Waals surface area contributed by atoms with E-state index in [9.17, 15) is 9.59 Å². The van der Waals surface area contributed by atoms with E-state index in [1.807, 2.05) is 31.2 Å². The molecule has 5 nitrogen and oxygen atoms in total. The standard InChI is InChI=1S/C16H18BrN3O2/c1-11-3-5-12(6-4-11)7-8-18-16(22)19-14-10-20(2)9-13(17)15(14)21/h3-6,9-10H,7-8H2,1-2H3,(H2,18,19,22). The number of amides is 2. The molecule has 116 valence electrons. The number of carbonyl (C=O) groups is 1. The van der Waals surface area contributed by atoms with Gasteiger partial charge in [-0.2, -0.15) is 0 Å². The summed E-state index contributed by atoms with van der Waals surface area (Å²) in [5.41, 5.74) is 2.36. The van der Waals surface area contributed by atoms with Crippen LogP contribution in [0.3, 0.4) is 0 Å². The quantitative estimate of drug-likeness (QED) is 0.877. The number of nitrogens with zero attached hydrogens (tertiary/aromatic N) is 1. The molecule has 0 saturated heterocycles. The minimum Gasteiger partial charge on any atom is -0.354 e. The fraction of sp³-hybridized carbons (Fsp3) is 0.250. The molecule has 0 aliphatic carbocycles. The zero-order valence-electron chi connectivity index (χ0n) is 12.5. The number of urea groups is 1. The molecular weight excluding hydrogens is 346 g/mol. The molecule has 0 unspecified atom stereocenters. The number of pyridine rings is 1. The topological polar surface area (TPSA) is 63.1 Å². The first-order valence-electron chi connectivity index (χ1n) is 6.92. The first-order valence-corrected chi connectivity index (χ1v) is 7.71. The fourth-order valence-corrected chi connectivity index (χ4v) is 2.53. The Labute approximate surface area is 137 Å². The van der Waals surface area contributed by atoms with E-state index >= 15 is 0 Å². The lowest BCUT2D eigenvalue weighted by molar-refractivity contribution is 0.252. The van der Waals surface area contributed by atoms with Crippen LogP contribution in [0.25, 0.3) is 0 Å². The van der Waals surface area contributed by atoms with Crippen LogP contribution >= 0.6 is 15.9 Å². The van der Waals surface area contributed by atoms with Gasteiger partial charge in [0.1, 0.15) is 5.69 Å². The summed E-state index contributed by atoms with van der Waals surface area (Å²) in [7, 11) is 1.78. The van der Waals surface area contributed by atoms with Gasteiger partial charge in [-0.25, -0.2) is 4.79 Å². The summed E-state index contributed by atoms with van der Waals surface area (Å²) in [5, 5.41) is 5.32. The second-order valence-corrected chi connectivity index (χ2v) is 5.99. The van der Waals surface area contributed by atoms with E-state index in [0.717, 1.165) is 12.0 Å². The van der Waals surface area contributed by atoms with Gasteiger partial charge in [0.15, 0.2) is 0 Å². The van der Waals surface area contributed by atoms with Crippen LogP contribution in [-0.2, 0) is 13.5 Å². The number of hydrogen-bond donors (Lipinski definition) is 2. The van der Waals surface area contributed by atoms with Crippen molar-refractivity contribution in [1.82, 2.24) is 9.88 Å². The number of carbonyl (C=O) groups excluding carboxylic acids is 1. The second-order valence-electron chi connectivity index (χ2n) is 5.13. The number of aryl methyl sites for hydroxylation is 2.